The molecule has 1 amide bonds. The molecule has 0 saturated heterocycles. The van der Waals surface area contributed by atoms with Gasteiger partial charge in [0.2, 0.25) is 0 Å². The third kappa shape index (κ3) is 2.71. The van der Waals surface area contributed by atoms with Crippen LogP contribution in [0, 0.1) is 5.82 Å². The number of carbonyl (C=O) groups is 1. The molecule has 0 radical (unpaired) electrons. The van der Waals surface area contributed by atoms with Gasteiger partial charge >= 0.3 is 0 Å². The Labute approximate surface area is 146 Å². The highest BCUT2D eigenvalue weighted by atomic mass is 19.1. The number of pyridine rings is 2. The summed E-state index contributed by atoms with van der Waals surface area (Å²) in [4.78, 5) is 25.0. The van der Waals surface area contributed by atoms with E-state index in [1.165, 1.54) is 6.20 Å². The second kappa shape index (κ2) is 6.20. The SMILES string of the molecule is Nc1nn2cc(F)cnc2c1C(=O)Nc1cnccc1-c1ccccn1. The lowest BCUT2D eigenvalue weighted by atomic mass is 10.1. The van der Waals surface area contributed by atoms with Crippen LogP contribution in [0.5, 0.6) is 0 Å². The van der Waals surface area contributed by atoms with E-state index in [0.717, 1.165) is 16.9 Å². The summed E-state index contributed by atoms with van der Waals surface area (Å²) in [5.74, 6) is -1.16. The molecule has 4 heterocycles. The maximum Gasteiger partial charge on any atom is 0.263 e. The van der Waals surface area contributed by atoms with Gasteiger partial charge in [-0.2, -0.15) is 0 Å². The molecule has 4 aromatic rings. The van der Waals surface area contributed by atoms with Gasteiger partial charge in [-0.3, -0.25) is 14.8 Å². The first-order valence-electron chi connectivity index (χ1n) is 7.59. The van der Waals surface area contributed by atoms with Crippen LogP contribution in [0.25, 0.3) is 16.9 Å². The van der Waals surface area contributed by atoms with Crippen LogP contribution in [0.3, 0.4) is 0 Å². The lowest BCUT2D eigenvalue weighted by Crippen LogP contribution is -2.14. The maximum atomic E-state index is 13.3. The largest absolute Gasteiger partial charge is 0.381 e. The summed E-state index contributed by atoms with van der Waals surface area (Å²) in [6.45, 7) is 0. The van der Waals surface area contributed by atoms with Crippen molar-refractivity contribution in [2.75, 3.05) is 11.1 Å². The molecule has 0 unspecified atom stereocenters. The van der Waals surface area contributed by atoms with Crippen molar-refractivity contribution in [1.29, 1.82) is 0 Å². The molecule has 0 spiro atoms. The van der Waals surface area contributed by atoms with Crippen LogP contribution in [-0.4, -0.2) is 30.5 Å². The zero-order valence-electron chi connectivity index (χ0n) is 13.3. The lowest BCUT2D eigenvalue weighted by molar-refractivity contribution is 0.102. The van der Waals surface area contributed by atoms with E-state index in [2.05, 4.69) is 25.4 Å². The number of nitrogen functional groups attached to an aromatic ring is 1. The summed E-state index contributed by atoms with van der Waals surface area (Å²) in [6, 6.07) is 7.20. The van der Waals surface area contributed by atoms with Crippen molar-refractivity contribution in [3.63, 3.8) is 0 Å². The molecule has 0 aliphatic carbocycles. The summed E-state index contributed by atoms with van der Waals surface area (Å²) in [7, 11) is 0. The highest BCUT2D eigenvalue weighted by Crippen LogP contribution is 2.26. The molecule has 4 rings (SSSR count). The van der Waals surface area contributed by atoms with Gasteiger partial charge in [0.05, 0.1) is 30.0 Å². The number of amides is 1. The monoisotopic (exact) mass is 349 g/mol. The predicted molar refractivity (Wildman–Crippen MR) is 92.8 cm³/mol. The van der Waals surface area contributed by atoms with Crippen molar-refractivity contribution in [3.05, 3.63) is 66.6 Å². The van der Waals surface area contributed by atoms with E-state index in [4.69, 9.17) is 5.73 Å². The molecular formula is C17H12FN7O. The zero-order valence-corrected chi connectivity index (χ0v) is 13.3. The highest BCUT2D eigenvalue weighted by molar-refractivity contribution is 6.12. The number of hydrogen-bond donors (Lipinski definition) is 2. The summed E-state index contributed by atoms with van der Waals surface area (Å²) < 4.78 is 14.4. The number of rotatable bonds is 3. The Balaban J connectivity index is 1.74. The standard InChI is InChI=1S/C17H12FN7O/c18-10-7-22-16-14(15(19)24-25(16)9-10)17(26)23-13-8-20-6-4-11(13)12-3-1-2-5-21-12/h1-9H,(H2,19,24)(H,23,26). The zero-order chi connectivity index (χ0) is 18.1. The molecule has 0 saturated carbocycles. The van der Waals surface area contributed by atoms with Crippen LogP contribution in [0.4, 0.5) is 15.9 Å². The van der Waals surface area contributed by atoms with E-state index >= 15 is 0 Å². The van der Waals surface area contributed by atoms with E-state index < -0.39 is 11.7 Å². The highest BCUT2D eigenvalue weighted by Gasteiger charge is 2.21. The van der Waals surface area contributed by atoms with Crippen LogP contribution in [0.2, 0.25) is 0 Å². The third-order valence-electron chi connectivity index (χ3n) is 3.71. The number of carbonyl (C=O) groups excluding carboxylic acids is 1. The molecular weight excluding hydrogens is 337 g/mol. The van der Waals surface area contributed by atoms with Crippen molar-refractivity contribution in [3.8, 4) is 11.3 Å². The molecule has 0 aliphatic rings. The molecule has 0 aromatic carbocycles. The van der Waals surface area contributed by atoms with E-state index in [-0.39, 0.29) is 17.0 Å². The van der Waals surface area contributed by atoms with Crippen LogP contribution in [0.15, 0.2) is 55.2 Å². The lowest BCUT2D eigenvalue weighted by Gasteiger charge is -2.09. The Morgan fingerprint density at radius 1 is 1.15 bits per heavy atom. The Bertz CT molecular complexity index is 1110. The van der Waals surface area contributed by atoms with Gasteiger partial charge < -0.3 is 11.1 Å². The van der Waals surface area contributed by atoms with E-state index in [9.17, 15) is 9.18 Å². The molecule has 26 heavy (non-hydrogen) atoms. The molecule has 4 aromatic heterocycles. The number of anilines is 2. The summed E-state index contributed by atoms with van der Waals surface area (Å²) in [5, 5.41) is 6.67. The number of fused-ring (bicyclic) bond motifs is 1. The number of nitrogens with one attached hydrogen (secondary N) is 1. The van der Waals surface area contributed by atoms with Crippen molar-refractivity contribution in [2.24, 2.45) is 0 Å². The number of halogens is 1. The van der Waals surface area contributed by atoms with E-state index in [0.29, 0.717) is 16.9 Å². The van der Waals surface area contributed by atoms with Crippen LogP contribution in [0.1, 0.15) is 10.4 Å². The summed E-state index contributed by atoms with van der Waals surface area (Å²) in [6.07, 6.45) is 6.86. The molecule has 0 bridgehead atoms. The number of nitrogens with two attached hydrogens (primary N) is 1. The number of aromatic nitrogens is 5. The predicted octanol–water partition coefficient (Wildman–Crippen LogP) is 2.16. The normalized spacial score (nSPS) is 10.8. The minimum absolute atomic E-state index is 0.0520. The Hall–Kier alpha value is -3.88. The van der Waals surface area contributed by atoms with E-state index in [1.807, 2.05) is 12.1 Å². The van der Waals surface area contributed by atoms with Gasteiger partial charge in [-0.25, -0.2) is 13.9 Å². The molecule has 0 fully saturated rings. The van der Waals surface area contributed by atoms with Gasteiger partial charge in [0.1, 0.15) is 5.56 Å². The fourth-order valence-electron chi connectivity index (χ4n) is 2.57. The summed E-state index contributed by atoms with van der Waals surface area (Å²) >= 11 is 0. The van der Waals surface area contributed by atoms with Gasteiger partial charge in [-0.05, 0) is 18.2 Å². The summed E-state index contributed by atoms with van der Waals surface area (Å²) in [5.41, 5.74) is 7.87. The minimum atomic E-state index is -0.586. The van der Waals surface area contributed by atoms with Gasteiger partial charge in [-0.1, -0.05) is 6.07 Å². The van der Waals surface area contributed by atoms with E-state index in [1.54, 1.807) is 24.5 Å². The first-order valence-corrected chi connectivity index (χ1v) is 7.59. The topological polar surface area (TPSA) is 111 Å². The smallest absolute Gasteiger partial charge is 0.263 e. The van der Waals surface area contributed by atoms with Crippen molar-refractivity contribution in [2.45, 2.75) is 0 Å². The van der Waals surface area contributed by atoms with Crippen molar-refractivity contribution in [1.82, 2.24) is 24.6 Å². The average Bonchev–Trinajstić information content (AvgIpc) is 2.97. The molecule has 9 heteroatoms. The molecule has 128 valence electrons. The van der Waals surface area contributed by atoms with Gasteiger partial charge in [0.15, 0.2) is 17.3 Å². The minimum Gasteiger partial charge on any atom is -0.381 e. The van der Waals surface area contributed by atoms with Crippen LogP contribution in [-0.2, 0) is 0 Å². The van der Waals surface area contributed by atoms with Crippen molar-refractivity contribution >= 4 is 23.1 Å². The second-order valence-electron chi connectivity index (χ2n) is 5.39. The average molecular weight is 349 g/mol. The first-order chi connectivity index (χ1) is 12.6. The second-order valence-corrected chi connectivity index (χ2v) is 5.39. The quantitative estimate of drug-likeness (QED) is 0.586. The molecule has 8 nitrogen and oxygen atoms in total. The van der Waals surface area contributed by atoms with Crippen LogP contribution < -0.4 is 11.1 Å². The van der Waals surface area contributed by atoms with Gasteiger partial charge in [0, 0.05) is 18.0 Å². The fraction of sp³-hybridized carbons (Fsp3) is 0. The third-order valence-corrected chi connectivity index (χ3v) is 3.71. The number of hydrogen-bond acceptors (Lipinski definition) is 6. The molecule has 0 aliphatic heterocycles. The molecule has 0 atom stereocenters. The van der Waals surface area contributed by atoms with Gasteiger partial charge in [-0.15, -0.1) is 5.10 Å². The van der Waals surface area contributed by atoms with Crippen LogP contribution >= 0.6 is 0 Å². The fourth-order valence-corrected chi connectivity index (χ4v) is 2.57. The Kier molecular flexibility index (Phi) is 3.73. The maximum absolute atomic E-state index is 13.3. The number of nitrogens with zero attached hydrogens (tertiary/aromatic N) is 5. The first kappa shape index (κ1) is 15.6. The van der Waals surface area contributed by atoms with Crippen molar-refractivity contribution < 1.29 is 9.18 Å². The Morgan fingerprint density at radius 3 is 2.85 bits per heavy atom. The Morgan fingerprint density at radius 2 is 2.04 bits per heavy atom. The van der Waals surface area contributed by atoms with Gasteiger partial charge in [0.25, 0.3) is 5.91 Å². The molecule has 3 N–H and O–H groups in total.